The lowest BCUT2D eigenvalue weighted by Crippen LogP contribution is -2.44. The van der Waals surface area contributed by atoms with Gasteiger partial charge >= 0.3 is 5.97 Å². The van der Waals surface area contributed by atoms with E-state index in [1.807, 2.05) is 0 Å². The number of carboxylic acid groups (broad SMARTS) is 1. The molecular weight excluding hydrogens is 270 g/mol. The summed E-state index contributed by atoms with van der Waals surface area (Å²) in [6.45, 7) is 0.0351. The smallest absolute Gasteiger partial charge is 0.327 e. The second kappa shape index (κ2) is 5.18. The zero-order chi connectivity index (χ0) is 14.0. The summed E-state index contributed by atoms with van der Waals surface area (Å²) < 4.78 is 30.3. The lowest BCUT2D eigenvalue weighted by molar-refractivity contribution is -0.138. The molecule has 0 saturated heterocycles. The molecule has 0 radical (unpaired) electrons. The van der Waals surface area contributed by atoms with Gasteiger partial charge in [-0.15, -0.1) is 0 Å². The van der Waals surface area contributed by atoms with Gasteiger partial charge in [-0.3, -0.25) is 4.31 Å². The number of sulfonamides is 1. The fourth-order valence-corrected chi connectivity index (χ4v) is 3.78. The van der Waals surface area contributed by atoms with Gasteiger partial charge in [0, 0.05) is 13.5 Å². The number of rotatable bonds is 5. The summed E-state index contributed by atoms with van der Waals surface area (Å²) in [7, 11) is -2.30. The topological polar surface area (TPSA) is 83.9 Å². The van der Waals surface area contributed by atoms with Crippen LogP contribution in [0.5, 0.6) is 0 Å². The van der Waals surface area contributed by atoms with Gasteiger partial charge in [0.1, 0.15) is 6.04 Å². The molecule has 0 aliphatic carbocycles. The zero-order valence-electron chi connectivity index (χ0n) is 10.4. The monoisotopic (exact) mass is 285 g/mol. The van der Waals surface area contributed by atoms with Gasteiger partial charge in [-0.2, -0.15) is 0 Å². The Bertz CT molecular complexity index is 584. The first-order valence-electron chi connectivity index (χ1n) is 5.79. The molecule has 0 bridgehead atoms. The fourth-order valence-electron chi connectivity index (χ4n) is 2.18. The quantitative estimate of drug-likeness (QED) is 0.850. The van der Waals surface area contributed by atoms with Gasteiger partial charge in [0.15, 0.2) is 0 Å². The van der Waals surface area contributed by atoms with E-state index >= 15 is 0 Å². The summed E-state index contributed by atoms with van der Waals surface area (Å²) in [6, 6.07) is 5.77. The van der Waals surface area contributed by atoms with Crippen molar-refractivity contribution in [1.82, 2.24) is 0 Å². The van der Waals surface area contributed by atoms with Crippen LogP contribution in [0.1, 0.15) is 5.56 Å². The first-order valence-corrected chi connectivity index (χ1v) is 7.40. The molecule has 0 saturated carbocycles. The highest BCUT2D eigenvalue weighted by molar-refractivity contribution is 7.92. The third kappa shape index (κ3) is 2.57. The molecule has 0 aromatic heterocycles. The Morgan fingerprint density at radius 2 is 2.16 bits per heavy atom. The van der Waals surface area contributed by atoms with Crippen molar-refractivity contribution in [2.24, 2.45) is 0 Å². The Morgan fingerprint density at radius 3 is 2.79 bits per heavy atom. The predicted octanol–water partition coefficient (Wildman–Crippen LogP) is 0.478. The number of benzene rings is 1. The normalized spacial score (nSPS) is 18.4. The molecule has 2 rings (SSSR count). The number of hydrogen-bond donors (Lipinski definition) is 1. The van der Waals surface area contributed by atoms with Crippen LogP contribution in [0.15, 0.2) is 24.3 Å². The van der Waals surface area contributed by atoms with Gasteiger partial charge < -0.3 is 9.84 Å². The standard InChI is InChI=1S/C12H15NO5S/c1-18-6-7-19(16,17)13-10-5-3-2-4-9(10)8-11(13)12(14)15/h2-5,11H,6-8H2,1H3,(H,14,15)/t11-/m0/s1. The van der Waals surface area contributed by atoms with Crippen LogP contribution in [0.25, 0.3) is 0 Å². The lowest BCUT2D eigenvalue weighted by Gasteiger charge is -2.24. The van der Waals surface area contributed by atoms with Crippen LogP contribution in [-0.2, 0) is 26.0 Å². The molecule has 19 heavy (non-hydrogen) atoms. The molecule has 0 spiro atoms. The van der Waals surface area contributed by atoms with Crippen molar-refractivity contribution in [3.05, 3.63) is 29.8 Å². The second-order valence-electron chi connectivity index (χ2n) is 4.29. The maximum atomic E-state index is 12.3. The van der Waals surface area contributed by atoms with Gasteiger partial charge in [0.05, 0.1) is 18.0 Å². The molecule has 6 nitrogen and oxygen atoms in total. The van der Waals surface area contributed by atoms with Crippen molar-refractivity contribution < 1.29 is 23.1 Å². The molecule has 7 heteroatoms. The second-order valence-corrected chi connectivity index (χ2v) is 6.26. The van der Waals surface area contributed by atoms with Gasteiger partial charge in [0.25, 0.3) is 0 Å². The van der Waals surface area contributed by atoms with Crippen LogP contribution in [0.4, 0.5) is 5.69 Å². The Balaban J connectivity index is 2.42. The lowest BCUT2D eigenvalue weighted by atomic mass is 10.1. The highest BCUT2D eigenvalue weighted by atomic mass is 32.2. The van der Waals surface area contributed by atoms with E-state index in [1.54, 1.807) is 24.3 Å². The highest BCUT2D eigenvalue weighted by Gasteiger charge is 2.41. The number of carboxylic acids is 1. The van der Waals surface area contributed by atoms with Gasteiger partial charge in [-0.25, -0.2) is 13.2 Å². The molecule has 1 aliphatic rings. The maximum absolute atomic E-state index is 12.3. The minimum absolute atomic E-state index is 0.0351. The SMILES string of the molecule is COCCS(=O)(=O)N1c2ccccc2C[C@H]1C(=O)O. The third-order valence-electron chi connectivity index (χ3n) is 3.06. The highest BCUT2D eigenvalue weighted by Crippen LogP contribution is 2.34. The molecule has 1 aromatic carbocycles. The number of nitrogens with zero attached hydrogens (tertiary/aromatic N) is 1. The van der Waals surface area contributed by atoms with Crippen LogP contribution in [0.3, 0.4) is 0 Å². The van der Waals surface area contributed by atoms with E-state index in [0.717, 1.165) is 9.87 Å². The number of fused-ring (bicyclic) bond motifs is 1. The van der Waals surface area contributed by atoms with Gasteiger partial charge in [-0.1, -0.05) is 18.2 Å². The minimum atomic E-state index is -3.70. The summed E-state index contributed by atoms with van der Waals surface area (Å²) in [6.07, 6.45) is 0.192. The first-order chi connectivity index (χ1) is 8.97. The first kappa shape index (κ1) is 13.8. The number of methoxy groups -OCH3 is 1. The van der Waals surface area contributed by atoms with Crippen LogP contribution in [-0.4, -0.2) is 45.0 Å². The molecule has 1 aromatic rings. The van der Waals surface area contributed by atoms with Crippen molar-refractivity contribution >= 4 is 21.7 Å². The Hall–Kier alpha value is -1.60. The largest absolute Gasteiger partial charge is 0.480 e. The predicted molar refractivity (Wildman–Crippen MR) is 69.7 cm³/mol. The van der Waals surface area contributed by atoms with Gasteiger partial charge in [0.2, 0.25) is 10.0 Å². The van der Waals surface area contributed by atoms with E-state index in [1.165, 1.54) is 7.11 Å². The van der Waals surface area contributed by atoms with Crippen LogP contribution in [0, 0.1) is 0 Å². The Morgan fingerprint density at radius 1 is 1.47 bits per heavy atom. The average Bonchev–Trinajstić information content (AvgIpc) is 2.76. The number of carbonyl (C=O) groups is 1. The number of ether oxygens (including phenoxy) is 1. The van der Waals surface area contributed by atoms with Crippen molar-refractivity contribution in [2.45, 2.75) is 12.5 Å². The minimum Gasteiger partial charge on any atom is -0.480 e. The summed E-state index contributed by atoms with van der Waals surface area (Å²) in [5, 5.41) is 9.21. The third-order valence-corrected chi connectivity index (χ3v) is 4.79. The van der Waals surface area contributed by atoms with Gasteiger partial charge in [-0.05, 0) is 11.6 Å². The molecule has 1 aliphatic heterocycles. The van der Waals surface area contributed by atoms with E-state index in [-0.39, 0.29) is 18.8 Å². The molecule has 0 fully saturated rings. The number of anilines is 1. The molecular formula is C12H15NO5S. The zero-order valence-corrected chi connectivity index (χ0v) is 11.3. The number of aliphatic carboxylic acids is 1. The Kier molecular flexibility index (Phi) is 3.77. The van der Waals surface area contributed by atoms with E-state index in [4.69, 9.17) is 4.74 Å². The molecule has 0 unspecified atom stereocenters. The van der Waals surface area contributed by atoms with Crippen LogP contribution < -0.4 is 4.31 Å². The van der Waals surface area contributed by atoms with E-state index in [0.29, 0.717) is 5.69 Å². The fraction of sp³-hybridized carbons (Fsp3) is 0.417. The van der Waals surface area contributed by atoms with Crippen molar-refractivity contribution in [2.75, 3.05) is 23.8 Å². The summed E-state index contributed by atoms with van der Waals surface area (Å²) in [4.78, 5) is 11.3. The summed E-state index contributed by atoms with van der Waals surface area (Å²) in [5.41, 5.74) is 1.18. The molecule has 104 valence electrons. The molecule has 1 atom stereocenters. The van der Waals surface area contributed by atoms with E-state index < -0.39 is 22.0 Å². The van der Waals surface area contributed by atoms with Crippen molar-refractivity contribution in [1.29, 1.82) is 0 Å². The molecule has 0 amide bonds. The van der Waals surface area contributed by atoms with Crippen LogP contribution >= 0.6 is 0 Å². The van der Waals surface area contributed by atoms with Crippen molar-refractivity contribution in [3.8, 4) is 0 Å². The summed E-state index contributed by atoms with van der Waals surface area (Å²) >= 11 is 0. The van der Waals surface area contributed by atoms with E-state index in [2.05, 4.69) is 0 Å². The average molecular weight is 285 g/mol. The number of para-hydroxylation sites is 1. The summed E-state index contributed by atoms with van der Waals surface area (Å²) in [5.74, 6) is -1.38. The molecule has 1 N–H and O–H groups in total. The Labute approximate surface area is 111 Å². The van der Waals surface area contributed by atoms with E-state index in [9.17, 15) is 18.3 Å². The van der Waals surface area contributed by atoms with Crippen molar-refractivity contribution in [3.63, 3.8) is 0 Å². The molecule has 1 heterocycles. The maximum Gasteiger partial charge on any atom is 0.327 e. The number of hydrogen-bond acceptors (Lipinski definition) is 4. The van der Waals surface area contributed by atoms with Crippen LogP contribution in [0.2, 0.25) is 0 Å².